The van der Waals surface area contributed by atoms with Gasteiger partial charge in [-0.3, -0.25) is 0 Å². The fourth-order valence-corrected chi connectivity index (χ4v) is 5.60. The summed E-state index contributed by atoms with van der Waals surface area (Å²) < 4.78 is 9.27. The Balaban J connectivity index is 1.17. The lowest BCUT2D eigenvalue weighted by atomic mass is 10.2. The Morgan fingerprint density at radius 2 is 0.875 bits per heavy atom. The van der Waals surface area contributed by atoms with Crippen molar-refractivity contribution in [2.24, 2.45) is 0 Å². The van der Waals surface area contributed by atoms with Gasteiger partial charge in [-0.15, -0.1) is 0 Å². The first-order valence-corrected chi connectivity index (χ1v) is 13.8. The van der Waals surface area contributed by atoms with Crippen LogP contribution < -0.4 is 9.13 Å². The summed E-state index contributed by atoms with van der Waals surface area (Å²) in [6.45, 7) is 3.12. The standard InChI is InChI=1S/C35H31N5/c1-3-12-28(13-4-1)22-37-26-39(34-20-9-7-18-32(34)37)24-30-16-11-17-31(36-30)25-40-27-38(23-29-14-5-2-6-15-29)33-19-8-10-21-35(33)40/h1-21,26-27H,22-25H2/q+2. The molecule has 3 aromatic heterocycles. The van der Waals surface area contributed by atoms with E-state index in [0.29, 0.717) is 0 Å². The molecule has 0 aliphatic rings. The van der Waals surface area contributed by atoms with Crippen molar-refractivity contribution in [1.29, 1.82) is 0 Å². The van der Waals surface area contributed by atoms with Gasteiger partial charge in [0.15, 0.2) is 22.1 Å². The first-order valence-electron chi connectivity index (χ1n) is 13.8. The molecule has 7 rings (SSSR count). The van der Waals surface area contributed by atoms with Gasteiger partial charge in [0.05, 0.1) is 11.4 Å². The van der Waals surface area contributed by atoms with Crippen LogP contribution >= 0.6 is 0 Å². The number of para-hydroxylation sites is 4. The number of rotatable bonds is 8. The van der Waals surface area contributed by atoms with E-state index in [1.807, 2.05) is 0 Å². The highest BCUT2D eigenvalue weighted by Crippen LogP contribution is 2.16. The van der Waals surface area contributed by atoms with Gasteiger partial charge in [-0.1, -0.05) is 91.0 Å². The number of imidazole rings is 2. The van der Waals surface area contributed by atoms with Crippen LogP contribution in [-0.4, -0.2) is 14.1 Å². The van der Waals surface area contributed by atoms with Crippen molar-refractivity contribution in [2.75, 3.05) is 0 Å². The Labute approximate surface area is 233 Å². The number of hydrogen-bond acceptors (Lipinski definition) is 1. The van der Waals surface area contributed by atoms with E-state index in [2.05, 4.69) is 158 Å². The van der Waals surface area contributed by atoms with Crippen molar-refractivity contribution < 1.29 is 9.13 Å². The first kappa shape index (κ1) is 24.0. The van der Waals surface area contributed by atoms with Crippen LogP contribution in [0.15, 0.2) is 140 Å². The van der Waals surface area contributed by atoms with Gasteiger partial charge in [-0.2, -0.15) is 0 Å². The molecule has 3 heterocycles. The third-order valence-electron chi connectivity index (χ3n) is 7.48. The summed E-state index contributed by atoms with van der Waals surface area (Å²) in [5.74, 6) is 0. The second-order valence-electron chi connectivity index (χ2n) is 10.3. The van der Waals surface area contributed by atoms with Crippen molar-refractivity contribution in [3.05, 3.63) is 163 Å². The molecule has 4 aromatic carbocycles. The molecule has 0 aliphatic heterocycles. The Morgan fingerprint density at radius 3 is 1.35 bits per heavy atom. The van der Waals surface area contributed by atoms with Crippen molar-refractivity contribution in [1.82, 2.24) is 14.1 Å². The van der Waals surface area contributed by atoms with E-state index < -0.39 is 0 Å². The Kier molecular flexibility index (Phi) is 6.38. The molecular formula is C35H31N5+2. The van der Waals surface area contributed by atoms with E-state index in [4.69, 9.17) is 4.98 Å². The normalized spacial score (nSPS) is 11.4. The topological polar surface area (TPSA) is 30.5 Å². The van der Waals surface area contributed by atoms with Gasteiger partial charge in [0, 0.05) is 0 Å². The molecule has 5 heteroatoms. The van der Waals surface area contributed by atoms with Gasteiger partial charge < -0.3 is 0 Å². The molecule has 0 bridgehead atoms. The molecule has 0 radical (unpaired) electrons. The van der Waals surface area contributed by atoms with Crippen LogP contribution in [0.1, 0.15) is 22.5 Å². The van der Waals surface area contributed by atoms with E-state index in [9.17, 15) is 0 Å². The molecule has 0 saturated heterocycles. The summed E-state index contributed by atoms with van der Waals surface area (Å²) in [6, 6.07) is 44.8. The largest absolute Gasteiger partial charge is 0.250 e. The maximum absolute atomic E-state index is 5.10. The third-order valence-corrected chi connectivity index (χ3v) is 7.48. The average Bonchev–Trinajstić information content (AvgIpc) is 3.52. The zero-order valence-electron chi connectivity index (χ0n) is 22.3. The smallest absolute Gasteiger partial charge is 0.245 e. The summed E-state index contributed by atoms with van der Waals surface area (Å²) >= 11 is 0. The number of hydrogen-bond donors (Lipinski definition) is 0. The highest BCUT2D eigenvalue weighted by Gasteiger charge is 2.18. The first-order chi connectivity index (χ1) is 19.8. The number of nitrogens with zero attached hydrogens (tertiary/aromatic N) is 5. The molecule has 0 saturated carbocycles. The van der Waals surface area contributed by atoms with Crippen molar-refractivity contribution in [2.45, 2.75) is 26.2 Å². The van der Waals surface area contributed by atoms with Crippen LogP contribution in [-0.2, 0) is 26.2 Å². The molecule has 194 valence electrons. The number of pyridine rings is 1. The minimum absolute atomic E-state index is 0.719. The van der Waals surface area contributed by atoms with E-state index in [-0.39, 0.29) is 0 Å². The molecule has 0 fully saturated rings. The predicted octanol–water partition coefficient (Wildman–Crippen LogP) is 5.76. The maximum Gasteiger partial charge on any atom is 0.245 e. The number of fused-ring (bicyclic) bond motifs is 2. The summed E-state index contributed by atoms with van der Waals surface area (Å²) in [7, 11) is 0. The average molecular weight is 522 g/mol. The van der Waals surface area contributed by atoms with Gasteiger partial charge in [0.2, 0.25) is 12.7 Å². The SMILES string of the molecule is c1ccc(C[n+]2cn(Cc3cccc(Cn4c[n+](Cc5ccccc5)c5ccccc54)n3)c3ccccc32)cc1. The zero-order valence-corrected chi connectivity index (χ0v) is 22.3. The molecule has 0 unspecified atom stereocenters. The summed E-state index contributed by atoms with van der Waals surface area (Å²) in [4.78, 5) is 5.10. The van der Waals surface area contributed by atoms with Gasteiger partial charge in [-0.25, -0.2) is 23.3 Å². The number of aromatic nitrogens is 5. The second-order valence-corrected chi connectivity index (χ2v) is 10.3. The van der Waals surface area contributed by atoms with Crippen molar-refractivity contribution in [3.63, 3.8) is 0 Å². The fraction of sp³-hybridized carbons (Fsp3) is 0.114. The van der Waals surface area contributed by atoms with Crippen LogP contribution in [0, 0.1) is 0 Å². The minimum atomic E-state index is 0.719. The molecular weight excluding hydrogens is 490 g/mol. The molecule has 0 aliphatic carbocycles. The van der Waals surface area contributed by atoms with Crippen LogP contribution in [0.2, 0.25) is 0 Å². The highest BCUT2D eigenvalue weighted by atomic mass is 15.1. The molecule has 0 N–H and O–H groups in total. The lowest BCUT2D eigenvalue weighted by Gasteiger charge is -2.03. The molecule has 0 amide bonds. The van der Waals surface area contributed by atoms with Crippen LogP contribution in [0.3, 0.4) is 0 Å². The van der Waals surface area contributed by atoms with Crippen LogP contribution in [0.25, 0.3) is 22.1 Å². The van der Waals surface area contributed by atoms with Gasteiger partial charge >= 0.3 is 0 Å². The predicted molar refractivity (Wildman–Crippen MR) is 158 cm³/mol. The Bertz CT molecular complexity index is 1760. The second kappa shape index (κ2) is 10.6. The lowest BCUT2D eigenvalue weighted by Crippen LogP contribution is -2.32. The Hall–Kier alpha value is -5.03. The molecule has 0 atom stereocenters. The van der Waals surface area contributed by atoms with E-state index in [1.54, 1.807) is 0 Å². The van der Waals surface area contributed by atoms with E-state index in [0.717, 1.165) is 37.6 Å². The fourth-order valence-electron chi connectivity index (χ4n) is 5.60. The van der Waals surface area contributed by atoms with E-state index in [1.165, 1.54) is 33.2 Å². The van der Waals surface area contributed by atoms with Crippen LogP contribution in [0.4, 0.5) is 0 Å². The molecule has 0 spiro atoms. The lowest BCUT2D eigenvalue weighted by molar-refractivity contribution is -0.663. The summed E-state index contributed by atoms with van der Waals surface area (Å²) in [5.41, 5.74) is 9.57. The van der Waals surface area contributed by atoms with Gasteiger partial charge in [0.1, 0.15) is 26.2 Å². The van der Waals surface area contributed by atoms with Crippen molar-refractivity contribution in [3.8, 4) is 0 Å². The molecule has 7 aromatic rings. The minimum Gasteiger partial charge on any atom is -0.250 e. The summed E-state index contributed by atoms with van der Waals surface area (Å²) in [6.07, 6.45) is 4.44. The van der Waals surface area contributed by atoms with Gasteiger partial charge in [-0.05, 0) is 47.5 Å². The number of benzene rings is 4. The van der Waals surface area contributed by atoms with Crippen LogP contribution in [0.5, 0.6) is 0 Å². The van der Waals surface area contributed by atoms with Crippen molar-refractivity contribution >= 4 is 22.1 Å². The molecule has 40 heavy (non-hydrogen) atoms. The molecule has 5 nitrogen and oxygen atoms in total. The zero-order chi connectivity index (χ0) is 26.7. The monoisotopic (exact) mass is 521 g/mol. The van der Waals surface area contributed by atoms with Gasteiger partial charge in [0.25, 0.3) is 0 Å². The summed E-state index contributed by atoms with van der Waals surface area (Å²) in [5, 5.41) is 0. The Morgan fingerprint density at radius 1 is 0.450 bits per heavy atom. The quantitative estimate of drug-likeness (QED) is 0.234. The van der Waals surface area contributed by atoms with E-state index >= 15 is 0 Å². The maximum atomic E-state index is 5.10. The third kappa shape index (κ3) is 4.90. The highest BCUT2D eigenvalue weighted by molar-refractivity contribution is 5.72.